The molecule has 1 fully saturated rings. The van der Waals surface area contributed by atoms with Crippen LogP contribution in [0.25, 0.3) is 11.6 Å². The first-order chi connectivity index (χ1) is 14.1. The number of carbonyl (C=O) groups excluding carboxylic acids is 1. The van der Waals surface area contributed by atoms with Crippen LogP contribution in [0.4, 0.5) is 0 Å². The smallest absolute Gasteiger partial charge is 0.272 e. The van der Waals surface area contributed by atoms with Crippen LogP contribution < -0.4 is 5.32 Å². The van der Waals surface area contributed by atoms with E-state index < -0.39 is 0 Å². The van der Waals surface area contributed by atoms with E-state index in [-0.39, 0.29) is 11.9 Å². The summed E-state index contributed by atoms with van der Waals surface area (Å²) in [6.07, 6.45) is 12.6. The van der Waals surface area contributed by atoms with E-state index in [2.05, 4.69) is 28.5 Å². The maximum atomic E-state index is 13.0. The van der Waals surface area contributed by atoms with E-state index in [0.29, 0.717) is 11.6 Å². The summed E-state index contributed by atoms with van der Waals surface area (Å²) >= 11 is 6.02. The molecule has 2 aliphatic rings. The third-order valence-electron chi connectivity index (χ3n) is 6.45. The molecular formula is C24H30ClN3O. The summed E-state index contributed by atoms with van der Waals surface area (Å²) in [7, 11) is 0. The molecule has 4 rings (SSSR count). The number of nitrogens with one attached hydrogen (secondary N) is 2. The maximum Gasteiger partial charge on any atom is 0.272 e. The molecule has 0 aliphatic heterocycles. The number of rotatable bonds is 4. The minimum Gasteiger partial charge on any atom is -0.348 e. The van der Waals surface area contributed by atoms with E-state index in [1.54, 1.807) is 0 Å². The van der Waals surface area contributed by atoms with Crippen molar-refractivity contribution < 1.29 is 4.79 Å². The predicted octanol–water partition coefficient (Wildman–Crippen LogP) is 6.03. The third kappa shape index (κ3) is 4.75. The van der Waals surface area contributed by atoms with Crippen molar-refractivity contribution in [3.05, 3.63) is 51.8 Å². The van der Waals surface area contributed by atoms with Crippen LogP contribution in [-0.4, -0.2) is 22.1 Å². The zero-order valence-electron chi connectivity index (χ0n) is 17.1. The maximum absolute atomic E-state index is 13.0. The number of nitrogens with zero attached hydrogens (tertiary/aromatic N) is 1. The lowest BCUT2D eigenvalue weighted by Gasteiger charge is -2.28. The summed E-state index contributed by atoms with van der Waals surface area (Å²) in [5.41, 5.74) is 4.99. The molecule has 0 radical (unpaired) electrons. The molecule has 5 heteroatoms. The number of benzene rings is 1. The zero-order valence-corrected chi connectivity index (χ0v) is 17.9. The Labute approximate surface area is 178 Å². The van der Waals surface area contributed by atoms with Crippen molar-refractivity contribution in [1.29, 1.82) is 0 Å². The monoisotopic (exact) mass is 411 g/mol. The molecular weight excluding hydrogens is 382 g/mol. The van der Waals surface area contributed by atoms with Gasteiger partial charge in [0.25, 0.3) is 5.91 Å². The average molecular weight is 412 g/mol. The second kappa shape index (κ2) is 9.17. The Morgan fingerprint density at radius 3 is 2.62 bits per heavy atom. The Hall–Kier alpha value is -2.07. The van der Waals surface area contributed by atoms with E-state index in [9.17, 15) is 4.79 Å². The molecule has 0 unspecified atom stereocenters. The average Bonchev–Trinajstić information content (AvgIpc) is 3.06. The highest BCUT2D eigenvalue weighted by Crippen LogP contribution is 2.32. The standard InChI is InChI=1S/C24H30ClN3O/c1-16(18-7-3-2-4-8-18)26-24(29)23-21-10-6-5-9-19(22(21)27-28-23)15-17-11-13-20(25)14-12-17/h11-16,18H,2-10H2,1H3,(H,26,29)(H,27,28)/b19-15+/t16-/m0/s1. The Balaban J connectivity index is 1.55. The summed E-state index contributed by atoms with van der Waals surface area (Å²) in [5.74, 6) is 0.555. The van der Waals surface area contributed by atoms with Gasteiger partial charge in [-0.05, 0) is 80.7 Å². The van der Waals surface area contributed by atoms with Crippen molar-refractivity contribution >= 4 is 29.2 Å². The van der Waals surface area contributed by atoms with Crippen LogP contribution in [0.15, 0.2) is 24.3 Å². The number of amides is 1. The van der Waals surface area contributed by atoms with Gasteiger partial charge < -0.3 is 5.32 Å². The van der Waals surface area contributed by atoms with E-state index in [1.165, 1.54) is 37.7 Å². The highest BCUT2D eigenvalue weighted by molar-refractivity contribution is 6.30. The van der Waals surface area contributed by atoms with Crippen molar-refractivity contribution in [3.63, 3.8) is 0 Å². The lowest BCUT2D eigenvalue weighted by atomic mass is 9.84. The molecule has 0 saturated heterocycles. The second-order valence-corrected chi connectivity index (χ2v) is 8.95. The molecule has 1 heterocycles. The predicted molar refractivity (Wildman–Crippen MR) is 119 cm³/mol. The highest BCUT2D eigenvalue weighted by Gasteiger charge is 2.26. The minimum absolute atomic E-state index is 0.0340. The van der Waals surface area contributed by atoms with Crippen LogP contribution in [0, 0.1) is 5.92 Å². The van der Waals surface area contributed by atoms with Crippen molar-refractivity contribution in [2.75, 3.05) is 0 Å². The number of halogens is 1. The minimum atomic E-state index is -0.0340. The molecule has 29 heavy (non-hydrogen) atoms. The molecule has 154 valence electrons. The molecule has 1 aromatic heterocycles. The Kier molecular flexibility index (Phi) is 6.39. The number of hydrogen-bond acceptors (Lipinski definition) is 2. The second-order valence-electron chi connectivity index (χ2n) is 8.51. The number of fused-ring (bicyclic) bond motifs is 1. The zero-order chi connectivity index (χ0) is 20.2. The van der Waals surface area contributed by atoms with Gasteiger partial charge in [-0.3, -0.25) is 9.89 Å². The largest absolute Gasteiger partial charge is 0.348 e. The van der Waals surface area contributed by atoms with Gasteiger partial charge in [-0.25, -0.2) is 0 Å². The first kappa shape index (κ1) is 20.2. The fourth-order valence-electron chi connectivity index (χ4n) is 4.74. The van der Waals surface area contributed by atoms with E-state index in [4.69, 9.17) is 11.6 Å². The van der Waals surface area contributed by atoms with Gasteiger partial charge in [-0.15, -0.1) is 0 Å². The number of aromatic amines is 1. The van der Waals surface area contributed by atoms with Gasteiger partial charge in [0, 0.05) is 16.6 Å². The van der Waals surface area contributed by atoms with E-state index in [1.807, 2.05) is 24.3 Å². The Bertz CT molecular complexity index is 878. The molecule has 1 aromatic carbocycles. The van der Waals surface area contributed by atoms with E-state index >= 15 is 0 Å². The fraction of sp³-hybridized carbons (Fsp3) is 0.500. The normalized spacial score (nSPS) is 20.1. The number of hydrogen-bond donors (Lipinski definition) is 2. The fourth-order valence-corrected chi connectivity index (χ4v) is 4.86. The Morgan fingerprint density at radius 1 is 1.14 bits per heavy atom. The van der Waals surface area contributed by atoms with Crippen molar-refractivity contribution in [3.8, 4) is 0 Å². The topological polar surface area (TPSA) is 57.8 Å². The lowest BCUT2D eigenvalue weighted by Crippen LogP contribution is -2.39. The molecule has 1 saturated carbocycles. The SMILES string of the molecule is C[C@H](NC(=O)c1n[nH]c2c1CCCC/C2=C\c1ccc(Cl)cc1)C1CCCCC1. The molecule has 0 spiro atoms. The van der Waals surface area contributed by atoms with Crippen LogP contribution in [0.1, 0.15) is 85.6 Å². The molecule has 2 aromatic rings. The van der Waals surface area contributed by atoms with Crippen LogP contribution in [0.2, 0.25) is 5.02 Å². The molecule has 1 amide bonds. The van der Waals surface area contributed by atoms with Gasteiger partial charge >= 0.3 is 0 Å². The number of allylic oxidation sites excluding steroid dienone is 1. The number of H-pyrrole nitrogens is 1. The van der Waals surface area contributed by atoms with Crippen molar-refractivity contribution in [1.82, 2.24) is 15.5 Å². The summed E-state index contributed by atoms with van der Waals surface area (Å²) < 4.78 is 0. The molecule has 0 bridgehead atoms. The summed E-state index contributed by atoms with van der Waals surface area (Å²) in [5, 5.41) is 11.6. The highest BCUT2D eigenvalue weighted by atomic mass is 35.5. The summed E-state index contributed by atoms with van der Waals surface area (Å²) in [6, 6.07) is 8.06. The van der Waals surface area contributed by atoms with Gasteiger partial charge in [-0.2, -0.15) is 5.10 Å². The van der Waals surface area contributed by atoms with Gasteiger partial charge in [0.1, 0.15) is 0 Å². The molecule has 2 N–H and O–H groups in total. The van der Waals surface area contributed by atoms with Gasteiger partial charge in [0.2, 0.25) is 0 Å². The quantitative estimate of drug-likeness (QED) is 0.603. The molecule has 4 nitrogen and oxygen atoms in total. The first-order valence-electron chi connectivity index (χ1n) is 11.0. The first-order valence-corrected chi connectivity index (χ1v) is 11.3. The van der Waals surface area contributed by atoms with Crippen LogP contribution in [0.3, 0.4) is 0 Å². The van der Waals surface area contributed by atoms with Crippen LogP contribution in [0.5, 0.6) is 0 Å². The van der Waals surface area contributed by atoms with Crippen molar-refractivity contribution in [2.24, 2.45) is 5.92 Å². The Morgan fingerprint density at radius 2 is 1.86 bits per heavy atom. The van der Waals surface area contributed by atoms with Gasteiger partial charge in [0.05, 0.1) is 5.69 Å². The molecule has 1 atom stereocenters. The van der Waals surface area contributed by atoms with Gasteiger partial charge in [-0.1, -0.05) is 43.0 Å². The number of carbonyl (C=O) groups is 1. The van der Waals surface area contributed by atoms with Gasteiger partial charge in [0.15, 0.2) is 5.69 Å². The number of aromatic nitrogens is 2. The third-order valence-corrected chi connectivity index (χ3v) is 6.70. The van der Waals surface area contributed by atoms with E-state index in [0.717, 1.165) is 47.5 Å². The lowest BCUT2D eigenvalue weighted by molar-refractivity contribution is 0.0913. The molecule has 2 aliphatic carbocycles. The van der Waals surface area contributed by atoms with Crippen LogP contribution >= 0.6 is 11.6 Å². The summed E-state index contributed by atoms with van der Waals surface area (Å²) in [6.45, 7) is 2.14. The van der Waals surface area contributed by atoms with Crippen LogP contribution in [-0.2, 0) is 6.42 Å². The van der Waals surface area contributed by atoms with Crippen molar-refractivity contribution in [2.45, 2.75) is 70.8 Å². The summed E-state index contributed by atoms with van der Waals surface area (Å²) in [4.78, 5) is 13.0.